The van der Waals surface area contributed by atoms with Gasteiger partial charge in [-0.25, -0.2) is 0 Å². The molecule has 1 atom stereocenters. The minimum absolute atomic E-state index is 0.171. The molecule has 1 aromatic carbocycles. The first-order valence-electron chi connectivity index (χ1n) is 8.22. The van der Waals surface area contributed by atoms with Gasteiger partial charge in [0.1, 0.15) is 5.75 Å². The largest absolute Gasteiger partial charge is 0.493 e. The molecule has 110 valence electrons. The van der Waals surface area contributed by atoms with Gasteiger partial charge in [0, 0.05) is 0 Å². The molecule has 3 rings (SSSR count). The number of hydrogen-bond acceptors (Lipinski definition) is 1. The lowest BCUT2D eigenvalue weighted by molar-refractivity contribution is 0.288. The molecule has 0 amide bonds. The van der Waals surface area contributed by atoms with Crippen LogP contribution in [0.5, 0.6) is 5.75 Å². The predicted octanol–water partition coefficient (Wildman–Crippen LogP) is 5.65. The number of halogens is 1. The number of fused-ring (bicyclic) bond motifs is 1. The van der Waals surface area contributed by atoms with Gasteiger partial charge in [0.15, 0.2) is 0 Å². The Morgan fingerprint density at radius 3 is 2.85 bits per heavy atom. The van der Waals surface area contributed by atoms with Crippen LogP contribution in [0, 0.1) is 5.92 Å². The third-order valence-corrected chi connectivity index (χ3v) is 5.32. The average molecular weight is 293 g/mol. The highest BCUT2D eigenvalue weighted by molar-refractivity contribution is 6.20. The summed E-state index contributed by atoms with van der Waals surface area (Å²) in [7, 11) is 0. The molecule has 1 saturated carbocycles. The van der Waals surface area contributed by atoms with Crippen molar-refractivity contribution in [3.8, 4) is 5.75 Å². The maximum absolute atomic E-state index is 6.63. The first-order valence-corrected chi connectivity index (χ1v) is 8.66. The fourth-order valence-corrected chi connectivity index (χ4v) is 3.86. The zero-order valence-electron chi connectivity index (χ0n) is 12.2. The molecule has 1 aliphatic heterocycles. The molecule has 0 aromatic heterocycles. The highest BCUT2D eigenvalue weighted by atomic mass is 35.5. The normalized spacial score (nSPS) is 21.1. The molecule has 1 nitrogen and oxygen atoms in total. The van der Waals surface area contributed by atoms with Crippen molar-refractivity contribution in [3.05, 3.63) is 29.3 Å². The fourth-order valence-electron chi connectivity index (χ4n) is 3.60. The van der Waals surface area contributed by atoms with Gasteiger partial charge >= 0.3 is 0 Å². The maximum Gasteiger partial charge on any atom is 0.122 e. The molecule has 0 N–H and O–H groups in total. The monoisotopic (exact) mass is 292 g/mol. The summed E-state index contributed by atoms with van der Waals surface area (Å²) in [4.78, 5) is 0. The molecule has 1 fully saturated rings. The first kappa shape index (κ1) is 14.3. The van der Waals surface area contributed by atoms with Crippen molar-refractivity contribution < 1.29 is 4.74 Å². The van der Waals surface area contributed by atoms with Crippen molar-refractivity contribution in [2.75, 3.05) is 6.61 Å². The van der Waals surface area contributed by atoms with E-state index in [4.69, 9.17) is 16.3 Å². The summed E-state index contributed by atoms with van der Waals surface area (Å²) in [5, 5.41) is 0.171. The summed E-state index contributed by atoms with van der Waals surface area (Å²) < 4.78 is 5.67. The Morgan fingerprint density at radius 1 is 1.15 bits per heavy atom. The van der Waals surface area contributed by atoms with Crippen molar-refractivity contribution in [2.24, 2.45) is 5.92 Å². The minimum atomic E-state index is 0.171. The predicted molar refractivity (Wildman–Crippen MR) is 84.7 cm³/mol. The van der Waals surface area contributed by atoms with Crippen LogP contribution in [0.4, 0.5) is 0 Å². The van der Waals surface area contributed by atoms with Crippen molar-refractivity contribution in [3.63, 3.8) is 0 Å². The van der Waals surface area contributed by atoms with Crippen LogP contribution in [0.25, 0.3) is 0 Å². The lowest BCUT2D eigenvalue weighted by atomic mass is 9.85. The molecule has 0 spiro atoms. The molecule has 2 heteroatoms. The second kappa shape index (κ2) is 6.85. The van der Waals surface area contributed by atoms with E-state index in [9.17, 15) is 0 Å². The molecular formula is C18H25ClO. The van der Waals surface area contributed by atoms with Crippen molar-refractivity contribution in [1.82, 2.24) is 0 Å². The molecule has 1 aromatic rings. The van der Waals surface area contributed by atoms with E-state index in [0.717, 1.165) is 37.5 Å². The standard InChI is InChI=1S/C18H25ClO/c19-17(10-8-14-5-2-1-3-6-14)15-9-11-18-16(13-15)7-4-12-20-18/h9,11,13-14,17H,1-8,10,12H2. The number of rotatable bonds is 4. The quantitative estimate of drug-likeness (QED) is 0.651. The van der Waals surface area contributed by atoms with Crippen LogP contribution in [0.1, 0.15) is 67.9 Å². The topological polar surface area (TPSA) is 9.23 Å². The molecule has 1 unspecified atom stereocenters. The Kier molecular flexibility index (Phi) is 4.88. The number of aryl methyl sites for hydroxylation is 1. The fraction of sp³-hybridized carbons (Fsp3) is 0.667. The van der Waals surface area contributed by atoms with Gasteiger partial charge < -0.3 is 4.74 Å². The number of alkyl halides is 1. The molecule has 0 radical (unpaired) electrons. The van der Waals surface area contributed by atoms with E-state index in [1.165, 1.54) is 49.7 Å². The third kappa shape index (κ3) is 3.49. The molecule has 20 heavy (non-hydrogen) atoms. The van der Waals surface area contributed by atoms with Gasteiger partial charge in [0.05, 0.1) is 12.0 Å². The maximum atomic E-state index is 6.63. The Labute approximate surface area is 127 Å². The van der Waals surface area contributed by atoms with E-state index in [1.807, 2.05) is 0 Å². The van der Waals surface area contributed by atoms with Gasteiger partial charge in [0.25, 0.3) is 0 Å². The van der Waals surface area contributed by atoms with E-state index in [1.54, 1.807) is 0 Å². The molecule has 1 aliphatic carbocycles. The van der Waals surface area contributed by atoms with Gasteiger partial charge in [0.2, 0.25) is 0 Å². The number of ether oxygens (including phenoxy) is 1. The minimum Gasteiger partial charge on any atom is -0.493 e. The molecular weight excluding hydrogens is 268 g/mol. The van der Waals surface area contributed by atoms with E-state index < -0.39 is 0 Å². The van der Waals surface area contributed by atoms with Gasteiger partial charge in [-0.3, -0.25) is 0 Å². The number of hydrogen-bond donors (Lipinski definition) is 0. The summed E-state index contributed by atoms with van der Waals surface area (Å²) in [5.41, 5.74) is 2.63. The molecule has 2 aliphatic rings. The van der Waals surface area contributed by atoms with Crippen molar-refractivity contribution in [1.29, 1.82) is 0 Å². The van der Waals surface area contributed by atoms with Gasteiger partial charge in [-0.05, 0) is 48.8 Å². The molecule has 0 saturated heterocycles. The van der Waals surface area contributed by atoms with Crippen LogP contribution in [-0.4, -0.2) is 6.61 Å². The second-order valence-corrected chi connectivity index (χ2v) is 6.89. The van der Waals surface area contributed by atoms with Crippen LogP contribution in [-0.2, 0) is 6.42 Å². The van der Waals surface area contributed by atoms with E-state index >= 15 is 0 Å². The van der Waals surface area contributed by atoms with Crippen LogP contribution >= 0.6 is 11.6 Å². The first-order chi connectivity index (χ1) is 9.83. The highest BCUT2D eigenvalue weighted by Gasteiger charge is 2.18. The number of benzene rings is 1. The van der Waals surface area contributed by atoms with E-state index in [0.29, 0.717) is 0 Å². The van der Waals surface area contributed by atoms with Gasteiger partial charge in [-0.2, -0.15) is 0 Å². The highest BCUT2D eigenvalue weighted by Crippen LogP contribution is 2.35. The Bertz CT molecular complexity index is 437. The molecule has 0 bridgehead atoms. The van der Waals surface area contributed by atoms with Crippen LogP contribution < -0.4 is 4.74 Å². The van der Waals surface area contributed by atoms with E-state index in [-0.39, 0.29) is 5.38 Å². The van der Waals surface area contributed by atoms with Crippen LogP contribution in [0.15, 0.2) is 18.2 Å². The van der Waals surface area contributed by atoms with Crippen molar-refractivity contribution >= 4 is 11.6 Å². The SMILES string of the molecule is ClC(CCC1CCCCC1)c1ccc2c(c1)CCCO2. The van der Waals surface area contributed by atoms with E-state index in [2.05, 4.69) is 18.2 Å². The second-order valence-electron chi connectivity index (χ2n) is 6.37. The Balaban J connectivity index is 1.57. The lowest BCUT2D eigenvalue weighted by Crippen LogP contribution is -2.09. The Hall–Kier alpha value is -0.690. The smallest absolute Gasteiger partial charge is 0.122 e. The van der Waals surface area contributed by atoms with Gasteiger partial charge in [-0.15, -0.1) is 11.6 Å². The Morgan fingerprint density at radius 2 is 2.00 bits per heavy atom. The van der Waals surface area contributed by atoms with Crippen LogP contribution in [0.3, 0.4) is 0 Å². The summed E-state index contributed by atoms with van der Waals surface area (Å²) >= 11 is 6.63. The zero-order valence-corrected chi connectivity index (χ0v) is 13.0. The lowest BCUT2D eigenvalue weighted by Gasteiger charge is -2.23. The van der Waals surface area contributed by atoms with Crippen molar-refractivity contribution in [2.45, 2.75) is 63.2 Å². The third-order valence-electron chi connectivity index (χ3n) is 4.85. The summed E-state index contributed by atoms with van der Waals surface area (Å²) in [6.07, 6.45) is 11.8. The summed E-state index contributed by atoms with van der Waals surface area (Å²) in [6.45, 7) is 0.859. The van der Waals surface area contributed by atoms with Crippen LogP contribution in [0.2, 0.25) is 0 Å². The van der Waals surface area contributed by atoms with Gasteiger partial charge in [-0.1, -0.05) is 44.2 Å². The summed E-state index contributed by atoms with van der Waals surface area (Å²) in [5.74, 6) is 1.99. The molecule has 1 heterocycles. The summed E-state index contributed by atoms with van der Waals surface area (Å²) in [6, 6.07) is 6.54. The zero-order chi connectivity index (χ0) is 13.8. The average Bonchev–Trinajstić information content (AvgIpc) is 2.53.